The molecular formula is C24H22N6O4S. The number of nitrogens with zero attached hydrogens (tertiary/aromatic N) is 4. The summed E-state index contributed by atoms with van der Waals surface area (Å²) in [5, 5.41) is 8.82. The molecule has 35 heavy (non-hydrogen) atoms. The zero-order valence-corrected chi connectivity index (χ0v) is 19.6. The molecule has 2 heterocycles. The number of anilines is 1. The smallest absolute Gasteiger partial charge is 0.330 e. The van der Waals surface area contributed by atoms with Crippen molar-refractivity contribution in [2.75, 3.05) is 25.2 Å². The van der Waals surface area contributed by atoms with Crippen LogP contribution < -0.4 is 17.0 Å². The largest absolute Gasteiger partial charge is 0.384 e. The minimum absolute atomic E-state index is 0.0970. The molecule has 4 aromatic rings. The van der Waals surface area contributed by atoms with Gasteiger partial charge in [-0.15, -0.1) is 10.2 Å². The van der Waals surface area contributed by atoms with Gasteiger partial charge in [0.25, 0.3) is 5.56 Å². The van der Waals surface area contributed by atoms with Gasteiger partial charge in [-0.1, -0.05) is 72.4 Å². The number of carbonyl (C=O) groups is 1. The maximum atomic E-state index is 12.9. The first kappa shape index (κ1) is 24.0. The van der Waals surface area contributed by atoms with Gasteiger partial charge >= 0.3 is 5.69 Å². The number of aromatic nitrogens is 5. The van der Waals surface area contributed by atoms with E-state index in [2.05, 4.69) is 20.2 Å². The van der Waals surface area contributed by atoms with E-state index in [0.717, 1.165) is 27.5 Å². The Kier molecular flexibility index (Phi) is 7.48. The fourth-order valence-electron chi connectivity index (χ4n) is 3.42. The van der Waals surface area contributed by atoms with E-state index in [-0.39, 0.29) is 35.4 Å². The number of nitrogens with two attached hydrogens (primary N) is 1. The third-order valence-electron chi connectivity index (χ3n) is 5.13. The van der Waals surface area contributed by atoms with Gasteiger partial charge in [0.05, 0.1) is 18.9 Å². The summed E-state index contributed by atoms with van der Waals surface area (Å²) in [6, 6.07) is 19.1. The Hall–Kier alpha value is -4.09. The van der Waals surface area contributed by atoms with E-state index in [1.807, 2.05) is 60.7 Å². The Balaban J connectivity index is 1.63. The van der Waals surface area contributed by atoms with Gasteiger partial charge in [-0.2, -0.15) is 0 Å². The SMILES string of the molecule is COCCn1c(N)c(C(=O)CSc2nnc(-c3ccccc3)c(-c3ccccc3)n2)c(=O)[nH]c1=O. The number of methoxy groups -OCH3 is 1. The van der Waals surface area contributed by atoms with E-state index in [1.165, 1.54) is 7.11 Å². The van der Waals surface area contributed by atoms with Crippen LogP contribution in [0.5, 0.6) is 0 Å². The number of benzene rings is 2. The van der Waals surface area contributed by atoms with Gasteiger partial charge in [0.15, 0.2) is 5.78 Å². The van der Waals surface area contributed by atoms with E-state index >= 15 is 0 Å². The van der Waals surface area contributed by atoms with Crippen molar-refractivity contribution in [1.29, 1.82) is 0 Å². The molecule has 0 amide bonds. The lowest BCUT2D eigenvalue weighted by Crippen LogP contribution is -2.37. The van der Waals surface area contributed by atoms with Crippen molar-refractivity contribution in [1.82, 2.24) is 24.7 Å². The van der Waals surface area contributed by atoms with Crippen LogP contribution in [0.3, 0.4) is 0 Å². The van der Waals surface area contributed by atoms with Crippen LogP contribution in [0.4, 0.5) is 5.82 Å². The Labute approximate surface area is 204 Å². The molecule has 0 saturated heterocycles. The summed E-state index contributed by atoms with van der Waals surface area (Å²) in [6.45, 7) is 0.286. The second kappa shape index (κ2) is 10.9. The number of ketones is 1. The fraction of sp³-hybridized carbons (Fsp3) is 0.167. The Bertz CT molecular complexity index is 1450. The highest BCUT2D eigenvalue weighted by Crippen LogP contribution is 2.29. The monoisotopic (exact) mass is 490 g/mol. The molecule has 0 radical (unpaired) electrons. The van der Waals surface area contributed by atoms with Crippen LogP contribution in [-0.2, 0) is 11.3 Å². The maximum absolute atomic E-state index is 12.9. The molecule has 0 atom stereocenters. The number of carbonyl (C=O) groups excluding carboxylic acids is 1. The van der Waals surface area contributed by atoms with Crippen molar-refractivity contribution in [3.8, 4) is 22.5 Å². The quantitative estimate of drug-likeness (QED) is 0.266. The minimum atomic E-state index is -0.838. The van der Waals surface area contributed by atoms with E-state index in [4.69, 9.17) is 10.5 Å². The molecule has 0 unspecified atom stereocenters. The standard InChI is InChI=1S/C24H22N6O4S/c1-34-13-12-30-21(25)18(22(32)27-24(30)33)17(31)14-35-23-26-19(15-8-4-2-5-9-15)20(28-29-23)16-10-6-3-7-11-16/h2-11H,12-14,25H2,1H3,(H,27,32,33). The lowest BCUT2D eigenvalue weighted by molar-refractivity contribution is 0.102. The number of Topliss-reactive ketones (excluding diaryl/α,β-unsaturated/α-hetero) is 1. The summed E-state index contributed by atoms with van der Waals surface area (Å²) < 4.78 is 6.06. The summed E-state index contributed by atoms with van der Waals surface area (Å²) in [4.78, 5) is 44.1. The van der Waals surface area contributed by atoms with Gasteiger partial charge < -0.3 is 10.5 Å². The van der Waals surface area contributed by atoms with Gasteiger partial charge in [0.1, 0.15) is 22.8 Å². The highest BCUT2D eigenvalue weighted by molar-refractivity contribution is 7.99. The lowest BCUT2D eigenvalue weighted by Gasteiger charge is -2.12. The van der Waals surface area contributed by atoms with Crippen LogP contribution in [0, 0.1) is 0 Å². The number of ether oxygens (including phenoxy) is 1. The predicted octanol–water partition coefficient (Wildman–Crippen LogP) is 2.26. The van der Waals surface area contributed by atoms with E-state index < -0.39 is 17.0 Å². The number of nitrogen functional groups attached to an aromatic ring is 1. The van der Waals surface area contributed by atoms with Gasteiger partial charge in [-0.25, -0.2) is 9.78 Å². The van der Waals surface area contributed by atoms with Crippen molar-refractivity contribution in [3.63, 3.8) is 0 Å². The molecule has 2 aromatic heterocycles. The number of thioether (sulfide) groups is 1. The summed E-state index contributed by atoms with van der Waals surface area (Å²) in [7, 11) is 1.47. The van der Waals surface area contributed by atoms with Crippen LogP contribution in [-0.4, -0.2) is 50.0 Å². The fourth-order valence-corrected chi connectivity index (χ4v) is 4.08. The van der Waals surface area contributed by atoms with E-state index in [1.54, 1.807) is 0 Å². The van der Waals surface area contributed by atoms with Crippen LogP contribution >= 0.6 is 11.8 Å². The molecule has 0 bridgehead atoms. The van der Waals surface area contributed by atoms with Crippen molar-refractivity contribution in [2.24, 2.45) is 0 Å². The number of rotatable bonds is 9. The number of H-pyrrole nitrogens is 1. The highest BCUT2D eigenvalue weighted by atomic mass is 32.2. The van der Waals surface area contributed by atoms with Gasteiger partial charge in [0, 0.05) is 18.2 Å². The molecule has 0 saturated carbocycles. The summed E-state index contributed by atoms with van der Waals surface area (Å²) >= 11 is 1.03. The number of hydrogen-bond acceptors (Lipinski definition) is 9. The zero-order chi connectivity index (χ0) is 24.8. The van der Waals surface area contributed by atoms with E-state index in [0.29, 0.717) is 11.4 Å². The molecular weight excluding hydrogens is 468 g/mol. The Morgan fingerprint density at radius 2 is 1.63 bits per heavy atom. The van der Waals surface area contributed by atoms with Gasteiger partial charge in [-0.05, 0) is 0 Å². The molecule has 2 aromatic carbocycles. The van der Waals surface area contributed by atoms with Crippen molar-refractivity contribution < 1.29 is 9.53 Å². The molecule has 3 N–H and O–H groups in total. The molecule has 0 aliphatic carbocycles. The summed E-state index contributed by atoms with van der Waals surface area (Å²) in [5.41, 5.74) is 7.10. The highest BCUT2D eigenvalue weighted by Gasteiger charge is 2.21. The van der Waals surface area contributed by atoms with Crippen LogP contribution in [0.2, 0.25) is 0 Å². The first-order valence-corrected chi connectivity index (χ1v) is 11.6. The second-order valence-electron chi connectivity index (χ2n) is 7.40. The first-order chi connectivity index (χ1) is 17.0. The zero-order valence-electron chi connectivity index (χ0n) is 18.8. The van der Waals surface area contributed by atoms with Crippen LogP contribution in [0.1, 0.15) is 10.4 Å². The third-order valence-corrected chi connectivity index (χ3v) is 5.97. The molecule has 0 spiro atoms. The first-order valence-electron chi connectivity index (χ1n) is 10.6. The Morgan fingerprint density at radius 3 is 2.26 bits per heavy atom. The summed E-state index contributed by atoms with van der Waals surface area (Å²) in [5.74, 6) is -0.933. The number of hydrogen-bond donors (Lipinski definition) is 2. The average Bonchev–Trinajstić information content (AvgIpc) is 2.88. The molecule has 11 heteroatoms. The van der Waals surface area contributed by atoms with Gasteiger partial charge in [-0.3, -0.25) is 19.1 Å². The number of aromatic amines is 1. The van der Waals surface area contributed by atoms with Gasteiger partial charge in [0.2, 0.25) is 5.16 Å². The molecule has 4 rings (SSSR count). The average molecular weight is 491 g/mol. The van der Waals surface area contributed by atoms with Crippen LogP contribution in [0.25, 0.3) is 22.5 Å². The molecule has 0 aliphatic heterocycles. The van der Waals surface area contributed by atoms with Crippen molar-refractivity contribution in [3.05, 3.63) is 87.1 Å². The van der Waals surface area contributed by atoms with Crippen molar-refractivity contribution >= 4 is 23.4 Å². The Morgan fingerprint density at radius 1 is 1.00 bits per heavy atom. The molecule has 10 nitrogen and oxygen atoms in total. The minimum Gasteiger partial charge on any atom is -0.384 e. The maximum Gasteiger partial charge on any atom is 0.330 e. The number of nitrogens with one attached hydrogen (secondary N) is 1. The lowest BCUT2D eigenvalue weighted by atomic mass is 10.0. The second-order valence-corrected chi connectivity index (χ2v) is 8.34. The van der Waals surface area contributed by atoms with E-state index in [9.17, 15) is 14.4 Å². The topological polar surface area (TPSA) is 146 Å². The van der Waals surface area contributed by atoms with Crippen LogP contribution in [0.15, 0.2) is 75.4 Å². The molecule has 0 fully saturated rings. The summed E-state index contributed by atoms with van der Waals surface area (Å²) in [6.07, 6.45) is 0. The molecule has 178 valence electrons. The predicted molar refractivity (Wildman–Crippen MR) is 133 cm³/mol. The molecule has 0 aliphatic rings. The normalized spacial score (nSPS) is 10.9. The van der Waals surface area contributed by atoms with Crippen molar-refractivity contribution in [2.45, 2.75) is 11.7 Å². The third kappa shape index (κ3) is 5.36.